The zero-order chi connectivity index (χ0) is 18.2. The van der Waals surface area contributed by atoms with Crippen molar-refractivity contribution >= 4 is 11.8 Å². The molecule has 1 amide bonds. The molecule has 1 saturated heterocycles. The lowest BCUT2D eigenvalue weighted by atomic mass is 10.2. The number of non-ortho nitro benzene ring substituents is 1. The van der Waals surface area contributed by atoms with Gasteiger partial charge in [-0.3, -0.25) is 10.1 Å². The smallest absolute Gasteiger partial charge is 0.410 e. The molecule has 0 bridgehead atoms. The van der Waals surface area contributed by atoms with E-state index in [4.69, 9.17) is 4.74 Å². The molecular formula is C17H27N3O4. The van der Waals surface area contributed by atoms with E-state index in [2.05, 4.69) is 5.32 Å². The molecule has 1 aromatic carbocycles. The first-order valence-electron chi connectivity index (χ1n) is 8.09. The predicted octanol–water partition coefficient (Wildman–Crippen LogP) is 3.12. The third kappa shape index (κ3) is 7.92. The van der Waals surface area contributed by atoms with Gasteiger partial charge in [0.2, 0.25) is 0 Å². The van der Waals surface area contributed by atoms with Crippen LogP contribution in [-0.4, -0.2) is 47.7 Å². The van der Waals surface area contributed by atoms with Crippen molar-refractivity contribution in [3.8, 4) is 0 Å². The second kappa shape index (κ2) is 9.22. The van der Waals surface area contributed by atoms with E-state index >= 15 is 0 Å². The van der Waals surface area contributed by atoms with Gasteiger partial charge < -0.3 is 15.0 Å². The number of aryl methyl sites for hydroxylation is 1. The monoisotopic (exact) mass is 337 g/mol. The summed E-state index contributed by atoms with van der Waals surface area (Å²) in [7, 11) is 0. The number of nitro groups is 1. The number of carbonyl (C=O) groups is 1. The van der Waals surface area contributed by atoms with E-state index in [0.717, 1.165) is 38.2 Å². The molecule has 0 aliphatic carbocycles. The minimum atomic E-state index is -0.403. The standard InChI is InChI=1S/C10H20N2O2.C7H7NO2/c1-10(2,3)14-9(13)12-7-4-5-11-6-8-12;1-6-2-4-7(5-3-6)8(9)10/h11H,4-8H2,1-3H3;2-5H,1H3. The summed E-state index contributed by atoms with van der Waals surface area (Å²) in [5.74, 6) is 0. The van der Waals surface area contributed by atoms with Crippen LogP contribution in [0, 0.1) is 17.0 Å². The first-order chi connectivity index (χ1) is 11.2. The van der Waals surface area contributed by atoms with Gasteiger partial charge in [0.25, 0.3) is 5.69 Å². The zero-order valence-corrected chi connectivity index (χ0v) is 14.9. The Morgan fingerprint density at radius 3 is 2.38 bits per heavy atom. The third-order valence-electron chi connectivity index (χ3n) is 3.24. The van der Waals surface area contributed by atoms with Crippen molar-refractivity contribution in [2.45, 2.75) is 39.7 Å². The summed E-state index contributed by atoms with van der Waals surface area (Å²) in [4.78, 5) is 23.1. The fraction of sp³-hybridized carbons (Fsp3) is 0.588. The van der Waals surface area contributed by atoms with Gasteiger partial charge in [0.05, 0.1) is 4.92 Å². The molecule has 1 aliphatic heterocycles. The van der Waals surface area contributed by atoms with E-state index in [1.54, 1.807) is 17.0 Å². The van der Waals surface area contributed by atoms with Gasteiger partial charge in [0.15, 0.2) is 0 Å². The van der Waals surface area contributed by atoms with Crippen LogP contribution in [0.2, 0.25) is 0 Å². The molecule has 0 radical (unpaired) electrons. The second-order valence-corrected chi connectivity index (χ2v) is 6.66. The highest BCUT2D eigenvalue weighted by atomic mass is 16.6. The SMILES string of the molecule is CC(C)(C)OC(=O)N1CCCNCC1.Cc1ccc([N+](=O)[O-])cc1. The Labute approximate surface area is 143 Å². The number of benzene rings is 1. The maximum atomic E-state index is 11.6. The van der Waals surface area contributed by atoms with Crippen molar-refractivity contribution < 1.29 is 14.5 Å². The molecule has 1 heterocycles. The summed E-state index contributed by atoms with van der Waals surface area (Å²) in [6.07, 6.45) is 0.806. The van der Waals surface area contributed by atoms with Gasteiger partial charge in [0, 0.05) is 31.8 Å². The molecule has 24 heavy (non-hydrogen) atoms. The molecule has 7 heteroatoms. The van der Waals surface area contributed by atoms with Crippen LogP contribution in [0.15, 0.2) is 24.3 Å². The van der Waals surface area contributed by atoms with Crippen LogP contribution in [0.25, 0.3) is 0 Å². The molecule has 0 atom stereocenters. The lowest BCUT2D eigenvalue weighted by molar-refractivity contribution is -0.384. The summed E-state index contributed by atoms with van der Waals surface area (Å²) >= 11 is 0. The zero-order valence-electron chi connectivity index (χ0n) is 14.9. The number of nitrogens with zero attached hydrogens (tertiary/aromatic N) is 2. The van der Waals surface area contributed by atoms with Gasteiger partial charge >= 0.3 is 6.09 Å². The first-order valence-corrected chi connectivity index (χ1v) is 8.09. The van der Waals surface area contributed by atoms with Crippen molar-refractivity contribution in [1.82, 2.24) is 10.2 Å². The number of hydrogen-bond acceptors (Lipinski definition) is 5. The fourth-order valence-electron chi connectivity index (χ4n) is 2.02. The lowest BCUT2D eigenvalue weighted by Gasteiger charge is -2.26. The highest BCUT2D eigenvalue weighted by Gasteiger charge is 2.22. The molecule has 1 aromatic rings. The Morgan fingerprint density at radius 1 is 1.21 bits per heavy atom. The van der Waals surface area contributed by atoms with Gasteiger partial charge in [0.1, 0.15) is 5.60 Å². The highest BCUT2D eigenvalue weighted by molar-refractivity contribution is 5.68. The molecule has 0 unspecified atom stereocenters. The Bertz CT molecular complexity index is 530. The molecule has 1 N–H and O–H groups in total. The molecule has 134 valence electrons. The number of nitrogens with one attached hydrogen (secondary N) is 1. The average molecular weight is 337 g/mol. The topological polar surface area (TPSA) is 84.7 Å². The molecule has 0 spiro atoms. The van der Waals surface area contributed by atoms with Gasteiger partial charge in [-0.15, -0.1) is 0 Å². The summed E-state index contributed by atoms with van der Waals surface area (Å²) in [6, 6.07) is 6.43. The van der Waals surface area contributed by atoms with Crippen LogP contribution in [0.3, 0.4) is 0 Å². The van der Waals surface area contributed by atoms with E-state index < -0.39 is 10.5 Å². The number of amides is 1. The van der Waals surface area contributed by atoms with Gasteiger partial charge in [-0.1, -0.05) is 17.7 Å². The van der Waals surface area contributed by atoms with Crippen molar-refractivity contribution in [1.29, 1.82) is 0 Å². The maximum Gasteiger partial charge on any atom is 0.410 e. The number of hydrogen-bond donors (Lipinski definition) is 1. The lowest BCUT2D eigenvalue weighted by Crippen LogP contribution is -2.38. The Kier molecular flexibility index (Phi) is 7.64. The van der Waals surface area contributed by atoms with Crippen LogP contribution in [0.1, 0.15) is 32.8 Å². The number of carbonyl (C=O) groups excluding carboxylic acids is 1. The average Bonchev–Trinajstić information content (AvgIpc) is 2.75. The maximum absolute atomic E-state index is 11.6. The molecule has 1 fully saturated rings. The van der Waals surface area contributed by atoms with E-state index in [0.29, 0.717) is 0 Å². The van der Waals surface area contributed by atoms with Crippen LogP contribution in [-0.2, 0) is 4.74 Å². The van der Waals surface area contributed by atoms with Crippen molar-refractivity contribution in [3.63, 3.8) is 0 Å². The Hall–Kier alpha value is -2.15. The summed E-state index contributed by atoms with van der Waals surface area (Å²) in [5, 5.41) is 13.4. The summed E-state index contributed by atoms with van der Waals surface area (Å²) in [5.41, 5.74) is 0.785. The predicted molar refractivity (Wildman–Crippen MR) is 93.1 cm³/mol. The highest BCUT2D eigenvalue weighted by Crippen LogP contribution is 2.11. The molecule has 7 nitrogen and oxygen atoms in total. The van der Waals surface area contributed by atoms with Crippen molar-refractivity contribution in [2.75, 3.05) is 26.2 Å². The minimum absolute atomic E-state index is 0.144. The van der Waals surface area contributed by atoms with E-state index in [9.17, 15) is 14.9 Å². The van der Waals surface area contributed by atoms with Crippen LogP contribution in [0.5, 0.6) is 0 Å². The van der Waals surface area contributed by atoms with Gasteiger partial charge in [-0.25, -0.2) is 4.79 Å². The molecular weight excluding hydrogens is 310 g/mol. The first kappa shape index (κ1) is 19.9. The van der Waals surface area contributed by atoms with Crippen LogP contribution >= 0.6 is 0 Å². The number of rotatable bonds is 1. The molecule has 0 aromatic heterocycles. The molecule has 2 rings (SSSR count). The normalized spacial score (nSPS) is 14.9. The van der Waals surface area contributed by atoms with E-state index in [1.807, 2.05) is 27.7 Å². The summed E-state index contributed by atoms with van der Waals surface area (Å²) in [6.45, 7) is 10.9. The third-order valence-corrected chi connectivity index (χ3v) is 3.24. The van der Waals surface area contributed by atoms with Gasteiger partial charge in [-0.05, 0) is 40.7 Å². The van der Waals surface area contributed by atoms with E-state index in [-0.39, 0.29) is 11.8 Å². The molecule has 1 aliphatic rings. The Balaban J connectivity index is 0.000000254. The van der Waals surface area contributed by atoms with Crippen LogP contribution < -0.4 is 5.32 Å². The van der Waals surface area contributed by atoms with E-state index in [1.165, 1.54) is 12.1 Å². The fourth-order valence-corrected chi connectivity index (χ4v) is 2.02. The summed E-state index contributed by atoms with van der Waals surface area (Å²) < 4.78 is 5.29. The van der Waals surface area contributed by atoms with Gasteiger partial charge in [-0.2, -0.15) is 0 Å². The number of nitro benzene ring substituents is 1. The second-order valence-electron chi connectivity index (χ2n) is 6.66. The number of ether oxygens (including phenoxy) is 1. The van der Waals surface area contributed by atoms with Crippen LogP contribution in [0.4, 0.5) is 10.5 Å². The quantitative estimate of drug-likeness (QED) is 0.628. The molecule has 0 saturated carbocycles. The van der Waals surface area contributed by atoms with Crippen molar-refractivity contribution in [2.24, 2.45) is 0 Å². The largest absolute Gasteiger partial charge is 0.444 e. The van der Waals surface area contributed by atoms with Crippen molar-refractivity contribution in [3.05, 3.63) is 39.9 Å². The minimum Gasteiger partial charge on any atom is -0.444 e. The Morgan fingerprint density at radius 2 is 1.83 bits per heavy atom.